The summed E-state index contributed by atoms with van der Waals surface area (Å²) in [5.41, 5.74) is -1.49. The highest BCUT2D eigenvalue weighted by Gasteiger charge is 2.52. The first-order chi connectivity index (χ1) is 7.36. The molecule has 3 nitrogen and oxygen atoms in total. The molecule has 1 heterocycles. The van der Waals surface area contributed by atoms with Gasteiger partial charge in [-0.15, -0.1) is 0 Å². The molecule has 90 valence electrons. The molecular weight excluding hydrogens is 272 g/mol. The highest BCUT2D eigenvalue weighted by atomic mass is 79.9. The Balaban J connectivity index is 2.23. The average molecular weight is 289 g/mol. The number of carbonyl (C=O) groups excluding carboxylic acids is 1. The van der Waals surface area contributed by atoms with E-state index in [9.17, 15) is 9.90 Å². The van der Waals surface area contributed by atoms with E-state index in [-0.39, 0.29) is 5.97 Å². The Bertz CT molecular complexity index is 348. The highest BCUT2D eigenvalue weighted by molar-refractivity contribution is 9.11. The lowest BCUT2D eigenvalue weighted by atomic mass is 9.80. The van der Waals surface area contributed by atoms with Crippen LogP contribution in [0.4, 0.5) is 0 Å². The van der Waals surface area contributed by atoms with Gasteiger partial charge in [-0.2, -0.15) is 0 Å². The first-order valence-corrected chi connectivity index (χ1v) is 6.45. The maximum atomic E-state index is 11.6. The van der Waals surface area contributed by atoms with Crippen LogP contribution in [0.25, 0.3) is 0 Å². The van der Waals surface area contributed by atoms with Crippen molar-refractivity contribution in [1.29, 1.82) is 0 Å². The number of allylic oxidation sites excluding steroid dienone is 1. The van der Waals surface area contributed by atoms with Gasteiger partial charge in [-0.25, -0.2) is 0 Å². The standard InChI is InChI=1S/C12H17BrO3/c1-11(2)7-9(16-10(11)14)12(15)6-4-3-5-8(12)13/h5,9,15H,3-4,6-7H2,1-2H3/t9-,12+/m0/s1. The Morgan fingerprint density at radius 2 is 2.25 bits per heavy atom. The molecule has 2 aliphatic rings. The third kappa shape index (κ3) is 1.82. The molecule has 4 heteroatoms. The summed E-state index contributed by atoms with van der Waals surface area (Å²) in [6.07, 6.45) is 4.68. The van der Waals surface area contributed by atoms with Gasteiger partial charge < -0.3 is 9.84 Å². The molecule has 0 bridgehead atoms. The van der Waals surface area contributed by atoms with E-state index >= 15 is 0 Å². The topological polar surface area (TPSA) is 46.5 Å². The number of cyclic esters (lactones) is 1. The molecule has 0 aromatic rings. The predicted molar refractivity (Wildman–Crippen MR) is 64.1 cm³/mol. The summed E-state index contributed by atoms with van der Waals surface area (Å²) in [6.45, 7) is 3.72. The summed E-state index contributed by atoms with van der Waals surface area (Å²) in [4.78, 5) is 11.6. The quantitative estimate of drug-likeness (QED) is 0.754. The summed E-state index contributed by atoms with van der Waals surface area (Å²) in [7, 11) is 0. The largest absolute Gasteiger partial charge is 0.458 e. The predicted octanol–water partition coefficient (Wildman–Crippen LogP) is 2.52. The van der Waals surface area contributed by atoms with Gasteiger partial charge in [-0.05, 0) is 33.1 Å². The van der Waals surface area contributed by atoms with Gasteiger partial charge in [0.05, 0.1) is 5.41 Å². The number of hydrogen-bond acceptors (Lipinski definition) is 3. The molecule has 0 aromatic heterocycles. The number of carbonyl (C=O) groups is 1. The molecule has 1 fully saturated rings. The number of esters is 1. The van der Waals surface area contributed by atoms with Gasteiger partial charge in [0.15, 0.2) is 0 Å². The fourth-order valence-electron chi connectivity index (χ4n) is 2.35. The second-order valence-electron chi connectivity index (χ2n) is 5.35. The van der Waals surface area contributed by atoms with Crippen molar-refractivity contribution in [3.8, 4) is 0 Å². The third-order valence-electron chi connectivity index (χ3n) is 3.53. The van der Waals surface area contributed by atoms with Gasteiger partial charge in [0.2, 0.25) is 0 Å². The zero-order valence-electron chi connectivity index (χ0n) is 9.62. The first-order valence-electron chi connectivity index (χ1n) is 5.66. The fraction of sp³-hybridized carbons (Fsp3) is 0.750. The van der Waals surface area contributed by atoms with E-state index in [1.54, 1.807) is 0 Å². The van der Waals surface area contributed by atoms with Crippen molar-refractivity contribution in [2.45, 2.75) is 51.2 Å². The van der Waals surface area contributed by atoms with Gasteiger partial charge >= 0.3 is 5.97 Å². The molecule has 2 rings (SSSR count). The van der Waals surface area contributed by atoms with Crippen LogP contribution in [0.15, 0.2) is 10.6 Å². The summed E-state index contributed by atoms with van der Waals surface area (Å²) >= 11 is 3.40. The zero-order valence-corrected chi connectivity index (χ0v) is 11.2. The molecule has 0 radical (unpaired) electrons. The van der Waals surface area contributed by atoms with E-state index in [0.29, 0.717) is 12.8 Å². The molecule has 1 N–H and O–H groups in total. The Kier molecular flexibility index (Phi) is 2.91. The molecule has 1 aliphatic heterocycles. The number of rotatable bonds is 1. The molecule has 0 aromatic carbocycles. The molecule has 0 unspecified atom stereocenters. The van der Waals surface area contributed by atoms with Gasteiger partial charge in [-0.1, -0.05) is 22.0 Å². The van der Waals surface area contributed by atoms with Crippen molar-refractivity contribution in [1.82, 2.24) is 0 Å². The molecule has 0 amide bonds. The SMILES string of the molecule is CC1(C)C[C@@H]([C@@]2(O)CCCC=C2Br)OC1=O. The lowest BCUT2D eigenvalue weighted by molar-refractivity contribution is -0.154. The smallest absolute Gasteiger partial charge is 0.312 e. The van der Waals surface area contributed by atoms with E-state index in [1.807, 2.05) is 19.9 Å². The van der Waals surface area contributed by atoms with Crippen LogP contribution in [0.5, 0.6) is 0 Å². The van der Waals surface area contributed by atoms with Crippen LogP contribution in [0.1, 0.15) is 39.5 Å². The maximum Gasteiger partial charge on any atom is 0.312 e. The summed E-state index contributed by atoms with van der Waals surface area (Å²) in [6, 6.07) is 0. The van der Waals surface area contributed by atoms with Gasteiger partial charge in [0.1, 0.15) is 11.7 Å². The summed E-state index contributed by atoms with van der Waals surface area (Å²) < 4.78 is 6.10. The number of halogens is 1. The normalized spacial score (nSPS) is 38.1. The van der Waals surface area contributed by atoms with Crippen LogP contribution in [0, 0.1) is 5.41 Å². The van der Waals surface area contributed by atoms with E-state index in [0.717, 1.165) is 17.3 Å². The number of ether oxygens (including phenoxy) is 1. The van der Waals surface area contributed by atoms with Crippen LogP contribution in [0.3, 0.4) is 0 Å². The van der Waals surface area contributed by atoms with Gasteiger partial charge in [0.25, 0.3) is 0 Å². The average Bonchev–Trinajstić information content (AvgIpc) is 2.47. The molecule has 16 heavy (non-hydrogen) atoms. The summed E-state index contributed by atoms with van der Waals surface area (Å²) in [5, 5.41) is 10.6. The van der Waals surface area contributed by atoms with Crippen molar-refractivity contribution in [3.05, 3.63) is 10.6 Å². The Labute approximate surface area is 104 Å². The van der Waals surface area contributed by atoms with Crippen LogP contribution in [0.2, 0.25) is 0 Å². The van der Waals surface area contributed by atoms with E-state index in [2.05, 4.69) is 15.9 Å². The maximum absolute atomic E-state index is 11.6. The van der Waals surface area contributed by atoms with Crippen LogP contribution in [-0.2, 0) is 9.53 Å². The number of aliphatic hydroxyl groups is 1. The fourth-order valence-corrected chi connectivity index (χ4v) is 3.04. The molecule has 1 saturated heterocycles. The monoisotopic (exact) mass is 288 g/mol. The van der Waals surface area contributed by atoms with E-state index in [4.69, 9.17) is 4.74 Å². The van der Waals surface area contributed by atoms with Crippen LogP contribution < -0.4 is 0 Å². The lowest BCUT2D eigenvalue weighted by Crippen LogP contribution is -2.44. The third-order valence-corrected chi connectivity index (χ3v) is 4.54. The minimum atomic E-state index is -1.01. The van der Waals surface area contributed by atoms with Crippen molar-refractivity contribution in [2.75, 3.05) is 0 Å². The molecular formula is C12H17BrO3. The molecule has 2 atom stereocenters. The molecule has 0 saturated carbocycles. The van der Waals surface area contributed by atoms with Crippen LogP contribution >= 0.6 is 15.9 Å². The van der Waals surface area contributed by atoms with Crippen molar-refractivity contribution >= 4 is 21.9 Å². The van der Waals surface area contributed by atoms with Gasteiger partial charge in [-0.3, -0.25) is 4.79 Å². The van der Waals surface area contributed by atoms with E-state index < -0.39 is 17.1 Å². The zero-order chi connectivity index (χ0) is 12.0. The lowest BCUT2D eigenvalue weighted by Gasteiger charge is -2.35. The van der Waals surface area contributed by atoms with Crippen molar-refractivity contribution in [3.63, 3.8) is 0 Å². The van der Waals surface area contributed by atoms with Crippen molar-refractivity contribution in [2.24, 2.45) is 5.41 Å². The first kappa shape index (κ1) is 12.1. The Hall–Kier alpha value is -0.350. The van der Waals surface area contributed by atoms with Gasteiger partial charge in [0, 0.05) is 10.9 Å². The Morgan fingerprint density at radius 1 is 1.56 bits per heavy atom. The van der Waals surface area contributed by atoms with Crippen LogP contribution in [-0.4, -0.2) is 22.8 Å². The summed E-state index contributed by atoms with van der Waals surface area (Å²) in [5.74, 6) is -0.211. The van der Waals surface area contributed by atoms with Crippen molar-refractivity contribution < 1.29 is 14.6 Å². The molecule has 0 spiro atoms. The second kappa shape index (κ2) is 3.84. The highest BCUT2D eigenvalue weighted by Crippen LogP contribution is 2.45. The second-order valence-corrected chi connectivity index (χ2v) is 6.20. The number of hydrogen-bond donors (Lipinski definition) is 1. The van der Waals surface area contributed by atoms with E-state index in [1.165, 1.54) is 0 Å². The minimum absolute atomic E-state index is 0.211. The Morgan fingerprint density at radius 3 is 2.75 bits per heavy atom. The molecule has 1 aliphatic carbocycles. The minimum Gasteiger partial charge on any atom is -0.458 e.